The van der Waals surface area contributed by atoms with Gasteiger partial charge in [-0.1, -0.05) is 32.9 Å². The Hall–Kier alpha value is -1.06. The molecule has 0 fully saturated rings. The normalized spacial score (nSPS) is 13.3. The largest absolute Gasteiger partial charge is 0.399 e. The van der Waals surface area contributed by atoms with E-state index < -0.39 is 6.10 Å². The van der Waals surface area contributed by atoms with Crippen LogP contribution in [0.15, 0.2) is 24.3 Å². The Labute approximate surface area is 104 Å². The molecular formula is C14H24N2O. The molecular weight excluding hydrogens is 212 g/mol. The van der Waals surface area contributed by atoms with E-state index in [1.807, 2.05) is 24.3 Å². The molecule has 3 N–H and O–H groups in total. The Kier molecular flexibility index (Phi) is 5.45. The third-order valence-electron chi connectivity index (χ3n) is 2.80. The zero-order valence-corrected chi connectivity index (χ0v) is 11.1. The van der Waals surface area contributed by atoms with Crippen LogP contribution in [-0.4, -0.2) is 29.6 Å². The lowest BCUT2D eigenvalue weighted by molar-refractivity contribution is 0.109. The van der Waals surface area contributed by atoms with Crippen molar-refractivity contribution in [3.63, 3.8) is 0 Å². The zero-order valence-electron chi connectivity index (χ0n) is 11.1. The molecule has 1 unspecified atom stereocenters. The summed E-state index contributed by atoms with van der Waals surface area (Å²) in [6.45, 7) is 9.13. The van der Waals surface area contributed by atoms with Gasteiger partial charge in [0.25, 0.3) is 0 Å². The molecule has 0 aliphatic rings. The van der Waals surface area contributed by atoms with Gasteiger partial charge in [-0.25, -0.2) is 0 Å². The van der Waals surface area contributed by atoms with Crippen LogP contribution in [0.2, 0.25) is 0 Å². The lowest BCUT2D eigenvalue weighted by Crippen LogP contribution is -2.31. The fourth-order valence-corrected chi connectivity index (χ4v) is 1.97. The van der Waals surface area contributed by atoms with E-state index in [1.165, 1.54) is 0 Å². The number of hydrogen-bond donors (Lipinski definition) is 2. The van der Waals surface area contributed by atoms with E-state index in [2.05, 4.69) is 25.7 Å². The van der Waals surface area contributed by atoms with Gasteiger partial charge in [0.2, 0.25) is 0 Å². The number of aliphatic hydroxyl groups excluding tert-OH is 1. The van der Waals surface area contributed by atoms with Crippen LogP contribution < -0.4 is 5.73 Å². The second kappa shape index (κ2) is 6.62. The molecule has 96 valence electrons. The monoisotopic (exact) mass is 236 g/mol. The molecule has 0 saturated heterocycles. The van der Waals surface area contributed by atoms with E-state index in [1.54, 1.807) is 0 Å². The van der Waals surface area contributed by atoms with Crippen molar-refractivity contribution in [2.24, 2.45) is 5.92 Å². The summed E-state index contributed by atoms with van der Waals surface area (Å²) in [5.41, 5.74) is 7.31. The smallest absolute Gasteiger partial charge is 0.0917 e. The number of rotatable bonds is 6. The van der Waals surface area contributed by atoms with Gasteiger partial charge < -0.3 is 15.7 Å². The predicted octanol–water partition coefficient (Wildman–Crippen LogP) is 2.28. The third kappa shape index (κ3) is 4.75. The quantitative estimate of drug-likeness (QED) is 0.745. The molecule has 0 aliphatic carbocycles. The maximum absolute atomic E-state index is 10.2. The van der Waals surface area contributed by atoms with E-state index in [0.29, 0.717) is 18.2 Å². The van der Waals surface area contributed by atoms with Crippen molar-refractivity contribution < 1.29 is 5.11 Å². The summed E-state index contributed by atoms with van der Waals surface area (Å²) in [6, 6.07) is 7.48. The van der Waals surface area contributed by atoms with E-state index in [9.17, 15) is 5.11 Å². The number of hydrogen-bond acceptors (Lipinski definition) is 3. The predicted molar refractivity (Wildman–Crippen MR) is 72.8 cm³/mol. The summed E-state index contributed by atoms with van der Waals surface area (Å²) in [5, 5.41) is 10.2. The Bertz CT molecular complexity index is 339. The molecule has 0 aliphatic heterocycles. The standard InChI is InChI=1S/C14H24N2O/c1-4-16(9-11(2)3)10-14(17)12-6-5-7-13(15)8-12/h5-8,11,14,17H,4,9-10,15H2,1-3H3. The highest BCUT2D eigenvalue weighted by Gasteiger charge is 2.13. The molecule has 1 rings (SSSR count). The van der Waals surface area contributed by atoms with Gasteiger partial charge in [-0.2, -0.15) is 0 Å². The lowest BCUT2D eigenvalue weighted by atomic mass is 10.1. The molecule has 0 heterocycles. The Morgan fingerprint density at radius 2 is 2.00 bits per heavy atom. The molecule has 17 heavy (non-hydrogen) atoms. The van der Waals surface area contributed by atoms with Crippen molar-refractivity contribution in [2.45, 2.75) is 26.9 Å². The molecule has 1 aromatic carbocycles. The minimum Gasteiger partial charge on any atom is -0.399 e. The van der Waals surface area contributed by atoms with E-state index in [0.717, 1.165) is 18.7 Å². The van der Waals surface area contributed by atoms with Gasteiger partial charge >= 0.3 is 0 Å². The van der Waals surface area contributed by atoms with Crippen molar-refractivity contribution in [3.8, 4) is 0 Å². The molecule has 3 heteroatoms. The number of anilines is 1. The number of likely N-dealkylation sites (N-methyl/N-ethyl adjacent to an activating group) is 1. The van der Waals surface area contributed by atoms with Crippen LogP contribution in [0.25, 0.3) is 0 Å². The number of aliphatic hydroxyl groups is 1. The average molecular weight is 236 g/mol. The van der Waals surface area contributed by atoms with Crippen molar-refractivity contribution in [1.29, 1.82) is 0 Å². The van der Waals surface area contributed by atoms with Gasteiger partial charge in [0.15, 0.2) is 0 Å². The zero-order chi connectivity index (χ0) is 12.8. The van der Waals surface area contributed by atoms with Crippen LogP contribution >= 0.6 is 0 Å². The van der Waals surface area contributed by atoms with Gasteiger partial charge in [-0.15, -0.1) is 0 Å². The average Bonchev–Trinajstić information content (AvgIpc) is 2.27. The van der Waals surface area contributed by atoms with Gasteiger partial charge in [0.05, 0.1) is 6.10 Å². The first-order valence-electron chi connectivity index (χ1n) is 6.28. The van der Waals surface area contributed by atoms with Crippen molar-refractivity contribution in [2.75, 3.05) is 25.4 Å². The SMILES string of the molecule is CCN(CC(C)C)CC(O)c1cccc(N)c1. The summed E-state index contributed by atoms with van der Waals surface area (Å²) in [5.74, 6) is 0.614. The highest BCUT2D eigenvalue weighted by Crippen LogP contribution is 2.17. The molecule has 0 spiro atoms. The van der Waals surface area contributed by atoms with Crippen LogP contribution in [0.1, 0.15) is 32.4 Å². The maximum atomic E-state index is 10.2. The van der Waals surface area contributed by atoms with Crippen molar-refractivity contribution >= 4 is 5.69 Å². The molecule has 1 aromatic rings. The molecule has 0 radical (unpaired) electrons. The van der Waals surface area contributed by atoms with Crippen LogP contribution in [0.4, 0.5) is 5.69 Å². The van der Waals surface area contributed by atoms with E-state index in [-0.39, 0.29) is 0 Å². The minimum absolute atomic E-state index is 0.461. The van der Waals surface area contributed by atoms with Crippen molar-refractivity contribution in [1.82, 2.24) is 4.90 Å². The van der Waals surface area contributed by atoms with E-state index >= 15 is 0 Å². The summed E-state index contributed by atoms with van der Waals surface area (Å²) in [6.07, 6.45) is -0.461. The van der Waals surface area contributed by atoms with Gasteiger partial charge in [0, 0.05) is 18.8 Å². The highest BCUT2D eigenvalue weighted by atomic mass is 16.3. The topological polar surface area (TPSA) is 49.5 Å². The van der Waals surface area contributed by atoms with Gasteiger partial charge in [-0.05, 0) is 30.2 Å². The number of benzene rings is 1. The molecule has 1 atom stereocenters. The van der Waals surface area contributed by atoms with Crippen LogP contribution in [-0.2, 0) is 0 Å². The maximum Gasteiger partial charge on any atom is 0.0917 e. The Balaban J connectivity index is 2.60. The molecule has 0 bridgehead atoms. The third-order valence-corrected chi connectivity index (χ3v) is 2.80. The van der Waals surface area contributed by atoms with Gasteiger partial charge in [0.1, 0.15) is 0 Å². The second-order valence-corrected chi connectivity index (χ2v) is 4.93. The van der Waals surface area contributed by atoms with Crippen LogP contribution in [0.3, 0.4) is 0 Å². The van der Waals surface area contributed by atoms with Crippen LogP contribution in [0, 0.1) is 5.92 Å². The first-order chi connectivity index (χ1) is 8.02. The number of nitrogens with zero attached hydrogens (tertiary/aromatic N) is 1. The summed E-state index contributed by atoms with van der Waals surface area (Å²) in [7, 11) is 0. The molecule has 3 nitrogen and oxygen atoms in total. The highest BCUT2D eigenvalue weighted by molar-refractivity contribution is 5.41. The molecule has 0 amide bonds. The number of nitrogens with two attached hydrogens (primary N) is 1. The fourth-order valence-electron chi connectivity index (χ4n) is 1.97. The summed E-state index contributed by atoms with van der Waals surface area (Å²) in [4.78, 5) is 2.26. The first-order valence-corrected chi connectivity index (χ1v) is 6.28. The second-order valence-electron chi connectivity index (χ2n) is 4.93. The fraction of sp³-hybridized carbons (Fsp3) is 0.571. The van der Waals surface area contributed by atoms with Gasteiger partial charge in [-0.3, -0.25) is 0 Å². The molecule has 0 saturated carbocycles. The Morgan fingerprint density at radius 3 is 2.53 bits per heavy atom. The summed E-state index contributed by atoms with van der Waals surface area (Å²) >= 11 is 0. The van der Waals surface area contributed by atoms with Crippen LogP contribution in [0.5, 0.6) is 0 Å². The van der Waals surface area contributed by atoms with E-state index in [4.69, 9.17) is 5.73 Å². The molecule has 0 aromatic heterocycles. The minimum atomic E-state index is -0.461. The number of nitrogen functional groups attached to an aromatic ring is 1. The Morgan fingerprint density at radius 1 is 1.29 bits per heavy atom. The summed E-state index contributed by atoms with van der Waals surface area (Å²) < 4.78 is 0. The first kappa shape index (κ1) is 14.0. The lowest BCUT2D eigenvalue weighted by Gasteiger charge is -2.25. The van der Waals surface area contributed by atoms with Crippen molar-refractivity contribution in [3.05, 3.63) is 29.8 Å².